The fourth-order valence-corrected chi connectivity index (χ4v) is 0.743. The summed E-state index contributed by atoms with van der Waals surface area (Å²) >= 11 is 0. The molecule has 48 valence electrons. The van der Waals surface area contributed by atoms with Crippen LogP contribution >= 0.6 is 0 Å². The Kier molecular flexibility index (Phi) is 1.59. The normalized spacial score (nSPS) is 9.67. The lowest BCUT2D eigenvalue weighted by atomic mass is 9.86. The number of hydrogen-bond acceptors (Lipinski definition) is 2. The van der Waals surface area contributed by atoms with Crippen molar-refractivity contribution in [3.05, 3.63) is 18.3 Å². The van der Waals surface area contributed by atoms with Gasteiger partial charge in [0.15, 0.2) is 0 Å². The minimum absolute atomic E-state index is 0.509. The Labute approximate surface area is 53.7 Å². The minimum atomic E-state index is -1.36. The van der Waals surface area contributed by atoms with Crippen molar-refractivity contribution in [1.29, 1.82) is 0 Å². The first-order valence-corrected chi connectivity index (χ1v) is 2.69. The van der Waals surface area contributed by atoms with Gasteiger partial charge < -0.3 is 14.6 Å². The summed E-state index contributed by atoms with van der Waals surface area (Å²) in [6, 6.07) is 3.42. The van der Waals surface area contributed by atoms with Crippen molar-refractivity contribution in [3.63, 3.8) is 0 Å². The van der Waals surface area contributed by atoms with Crippen LogP contribution in [-0.2, 0) is 7.05 Å². The smallest absolute Gasteiger partial charge is 0.422 e. The van der Waals surface area contributed by atoms with Crippen LogP contribution in [0.15, 0.2) is 18.3 Å². The second-order valence-corrected chi connectivity index (χ2v) is 1.92. The lowest BCUT2D eigenvalue weighted by molar-refractivity contribution is 0.422. The summed E-state index contributed by atoms with van der Waals surface area (Å²) in [6.07, 6.45) is 1.76. The number of hydrogen-bond donors (Lipinski definition) is 2. The van der Waals surface area contributed by atoms with Crippen LogP contribution in [0, 0.1) is 0 Å². The summed E-state index contributed by atoms with van der Waals surface area (Å²) in [5, 5.41) is 17.3. The molecule has 1 heterocycles. The average molecular weight is 125 g/mol. The van der Waals surface area contributed by atoms with Crippen molar-refractivity contribution in [3.8, 4) is 0 Å². The molecule has 0 fully saturated rings. The Hall–Kier alpha value is -0.735. The van der Waals surface area contributed by atoms with Gasteiger partial charge in [0.25, 0.3) is 0 Å². The van der Waals surface area contributed by atoms with Crippen LogP contribution in [0.3, 0.4) is 0 Å². The van der Waals surface area contributed by atoms with E-state index in [1.807, 2.05) is 0 Å². The van der Waals surface area contributed by atoms with Gasteiger partial charge in [-0.3, -0.25) is 0 Å². The van der Waals surface area contributed by atoms with E-state index in [0.29, 0.717) is 5.59 Å². The second kappa shape index (κ2) is 2.25. The van der Waals surface area contributed by atoms with Crippen molar-refractivity contribution in [2.75, 3.05) is 0 Å². The minimum Gasteiger partial charge on any atom is -0.422 e. The van der Waals surface area contributed by atoms with Crippen LogP contribution in [-0.4, -0.2) is 21.7 Å². The first-order chi connectivity index (χ1) is 4.22. The fourth-order valence-electron chi connectivity index (χ4n) is 0.743. The number of nitrogens with zero attached hydrogens (tertiary/aromatic N) is 1. The maximum atomic E-state index is 8.63. The van der Waals surface area contributed by atoms with Gasteiger partial charge in [0.2, 0.25) is 0 Å². The van der Waals surface area contributed by atoms with E-state index in [4.69, 9.17) is 10.0 Å². The Morgan fingerprint density at radius 2 is 2.22 bits per heavy atom. The lowest BCUT2D eigenvalue weighted by Crippen LogP contribution is -2.34. The van der Waals surface area contributed by atoms with E-state index in [9.17, 15) is 0 Å². The van der Waals surface area contributed by atoms with Gasteiger partial charge in [-0.25, -0.2) is 0 Å². The second-order valence-electron chi connectivity index (χ2n) is 1.92. The van der Waals surface area contributed by atoms with E-state index in [0.717, 1.165) is 0 Å². The van der Waals surface area contributed by atoms with E-state index < -0.39 is 7.12 Å². The van der Waals surface area contributed by atoms with Crippen molar-refractivity contribution in [1.82, 2.24) is 4.57 Å². The van der Waals surface area contributed by atoms with Crippen LogP contribution in [0.25, 0.3) is 0 Å². The first kappa shape index (κ1) is 6.39. The zero-order chi connectivity index (χ0) is 6.85. The van der Waals surface area contributed by atoms with Gasteiger partial charge in [0, 0.05) is 18.8 Å². The summed E-state index contributed by atoms with van der Waals surface area (Å²) in [4.78, 5) is 0. The van der Waals surface area contributed by atoms with E-state index in [2.05, 4.69) is 0 Å². The third-order valence-corrected chi connectivity index (χ3v) is 1.25. The van der Waals surface area contributed by atoms with Crippen molar-refractivity contribution >= 4 is 12.7 Å². The van der Waals surface area contributed by atoms with Crippen LogP contribution in [0.2, 0.25) is 0 Å². The SMILES string of the molecule is Cn1cccc1B(O)O. The first-order valence-electron chi connectivity index (χ1n) is 2.69. The van der Waals surface area contributed by atoms with Crippen LogP contribution in [0.1, 0.15) is 0 Å². The van der Waals surface area contributed by atoms with E-state index in [1.54, 1.807) is 29.9 Å². The molecular weight excluding hydrogens is 117 g/mol. The third kappa shape index (κ3) is 1.14. The molecule has 0 bridgehead atoms. The molecule has 0 amide bonds. The maximum Gasteiger partial charge on any atom is 0.505 e. The van der Waals surface area contributed by atoms with Gasteiger partial charge >= 0.3 is 7.12 Å². The van der Waals surface area contributed by atoms with Crippen LogP contribution in [0.5, 0.6) is 0 Å². The van der Waals surface area contributed by atoms with Gasteiger partial charge in [-0.15, -0.1) is 0 Å². The molecule has 0 radical (unpaired) electrons. The molecule has 1 rings (SSSR count). The summed E-state index contributed by atoms with van der Waals surface area (Å²) in [5.41, 5.74) is 0.509. The molecular formula is C5H8BNO2. The Morgan fingerprint density at radius 3 is 2.44 bits per heavy atom. The molecule has 0 aliphatic rings. The molecule has 0 unspecified atom stereocenters. The highest BCUT2D eigenvalue weighted by Gasteiger charge is 2.12. The maximum absolute atomic E-state index is 8.63. The molecule has 1 aromatic rings. The fraction of sp³-hybridized carbons (Fsp3) is 0.200. The Morgan fingerprint density at radius 1 is 1.56 bits per heavy atom. The number of rotatable bonds is 1. The molecule has 4 heteroatoms. The van der Waals surface area contributed by atoms with Gasteiger partial charge in [-0.05, 0) is 12.1 Å². The monoisotopic (exact) mass is 125 g/mol. The zero-order valence-corrected chi connectivity index (χ0v) is 5.15. The molecule has 2 N–H and O–H groups in total. The molecule has 9 heavy (non-hydrogen) atoms. The van der Waals surface area contributed by atoms with Crippen molar-refractivity contribution < 1.29 is 10.0 Å². The zero-order valence-electron chi connectivity index (χ0n) is 5.15. The predicted octanol–water partition coefficient (Wildman–Crippen LogP) is -1.30. The van der Waals surface area contributed by atoms with E-state index >= 15 is 0 Å². The summed E-state index contributed by atoms with van der Waals surface area (Å²) in [6.45, 7) is 0. The molecule has 0 aliphatic heterocycles. The predicted molar refractivity (Wildman–Crippen MR) is 35.2 cm³/mol. The highest BCUT2D eigenvalue weighted by Crippen LogP contribution is 1.82. The lowest BCUT2D eigenvalue weighted by Gasteiger charge is -1.98. The molecule has 0 atom stereocenters. The molecule has 0 saturated heterocycles. The van der Waals surface area contributed by atoms with Gasteiger partial charge in [0.05, 0.1) is 0 Å². The van der Waals surface area contributed by atoms with Crippen LogP contribution < -0.4 is 5.59 Å². The molecule has 3 nitrogen and oxygen atoms in total. The standard InChI is InChI=1S/C5H8BNO2/c1-7-4-2-3-5(7)6(8)9/h2-4,8-9H,1H3. The summed E-state index contributed by atoms with van der Waals surface area (Å²) < 4.78 is 1.66. The van der Waals surface area contributed by atoms with E-state index in [1.165, 1.54) is 0 Å². The highest BCUT2D eigenvalue weighted by molar-refractivity contribution is 6.57. The van der Waals surface area contributed by atoms with Crippen molar-refractivity contribution in [2.24, 2.45) is 7.05 Å². The Balaban J connectivity index is 2.94. The largest absolute Gasteiger partial charge is 0.505 e. The molecule has 0 saturated carbocycles. The summed E-state index contributed by atoms with van der Waals surface area (Å²) in [5.74, 6) is 0. The Bertz CT molecular complexity index is 197. The van der Waals surface area contributed by atoms with Crippen molar-refractivity contribution in [2.45, 2.75) is 0 Å². The topological polar surface area (TPSA) is 45.4 Å². The third-order valence-electron chi connectivity index (χ3n) is 1.25. The highest BCUT2D eigenvalue weighted by atomic mass is 16.4. The van der Waals surface area contributed by atoms with E-state index in [-0.39, 0.29) is 0 Å². The molecule has 0 aromatic carbocycles. The number of aryl methyl sites for hydroxylation is 1. The summed E-state index contributed by atoms with van der Waals surface area (Å²) in [7, 11) is 0.402. The molecule has 0 aliphatic carbocycles. The van der Waals surface area contributed by atoms with Gasteiger partial charge in [-0.1, -0.05) is 0 Å². The number of aromatic nitrogens is 1. The average Bonchev–Trinajstić information content (AvgIpc) is 2.13. The molecule has 1 aromatic heterocycles. The van der Waals surface area contributed by atoms with Gasteiger partial charge in [0.1, 0.15) is 0 Å². The molecule has 0 spiro atoms. The quantitative estimate of drug-likeness (QED) is 0.458. The van der Waals surface area contributed by atoms with Gasteiger partial charge in [-0.2, -0.15) is 0 Å². The van der Waals surface area contributed by atoms with Crippen LogP contribution in [0.4, 0.5) is 0 Å².